The summed E-state index contributed by atoms with van der Waals surface area (Å²) >= 11 is 0. The number of carbonyl (C=O) groups excluding carboxylic acids is 1. The smallest absolute Gasteiger partial charge is 0.150 e. The minimum Gasteiger partial charge on any atom is -0.344 e. The van der Waals surface area contributed by atoms with E-state index in [1.54, 1.807) is 12.1 Å². The molecule has 0 aliphatic rings. The first-order valence-corrected chi connectivity index (χ1v) is 4.12. The van der Waals surface area contributed by atoms with Gasteiger partial charge in [-0.2, -0.15) is 0 Å². The lowest BCUT2D eigenvalue weighted by atomic mass is 10.2. The number of benzene rings is 1. The van der Waals surface area contributed by atoms with Gasteiger partial charge in [0.2, 0.25) is 0 Å². The maximum Gasteiger partial charge on any atom is 0.150 e. The average Bonchev–Trinajstić information content (AvgIpc) is 2.03. The second-order valence-corrected chi connectivity index (χ2v) is 3.60. The number of carbonyl (C=O) groups is 1. The number of halogens is 1. The van der Waals surface area contributed by atoms with Crippen molar-refractivity contribution in [3.63, 3.8) is 0 Å². The maximum atomic E-state index is 11.7. The van der Waals surface area contributed by atoms with Crippen molar-refractivity contribution in [3.05, 3.63) is 35.9 Å². The van der Waals surface area contributed by atoms with Crippen LogP contribution in [0.1, 0.15) is 31.1 Å². The van der Waals surface area contributed by atoms with Gasteiger partial charge in [-0.25, -0.2) is 4.39 Å². The van der Waals surface area contributed by atoms with Crippen molar-refractivity contribution in [1.29, 1.82) is 0 Å². The summed E-state index contributed by atoms with van der Waals surface area (Å²) in [6.07, 6.45) is 0.833. The van der Waals surface area contributed by atoms with Crippen molar-refractivity contribution in [1.82, 2.24) is 6.15 Å². The van der Waals surface area contributed by atoms with Gasteiger partial charge in [0.15, 0.2) is 0 Å². The van der Waals surface area contributed by atoms with Gasteiger partial charge in [0.05, 0.1) is 0 Å². The summed E-state index contributed by atoms with van der Waals surface area (Å²) in [6.45, 7) is 4.56. The van der Waals surface area contributed by atoms with Gasteiger partial charge in [0.1, 0.15) is 12.0 Å². The van der Waals surface area contributed by atoms with E-state index >= 15 is 0 Å². The van der Waals surface area contributed by atoms with E-state index in [0.29, 0.717) is 0 Å². The zero-order valence-electron chi connectivity index (χ0n) is 8.96. The SMILES string of the molecule is CC(C)(C)F.N.O=Cc1ccccc1. The molecule has 0 bridgehead atoms. The first-order chi connectivity index (χ1) is 5.93. The Balaban J connectivity index is 0. The van der Waals surface area contributed by atoms with Crippen LogP contribution in [0.5, 0.6) is 0 Å². The Morgan fingerprint density at radius 2 is 1.50 bits per heavy atom. The molecule has 0 heterocycles. The standard InChI is InChI=1S/C7H6O.C4H9F.H3N/c8-6-7-4-2-1-3-5-7;1-4(2,3)5;/h1-6H;1-3H3;1H3. The van der Waals surface area contributed by atoms with E-state index in [-0.39, 0.29) is 6.15 Å². The highest BCUT2D eigenvalue weighted by Gasteiger charge is 2.01. The molecule has 2 nitrogen and oxygen atoms in total. The number of alkyl halides is 1. The number of hydrogen-bond donors (Lipinski definition) is 1. The van der Waals surface area contributed by atoms with Gasteiger partial charge in [0, 0.05) is 5.56 Å². The lowest BCUT2D eigenvalue weighted by molar-refractivity contribution is 0.112. The molecule has 0 amide bonds. The normalized spacial score (nSPS) is 9.14. The zero-order valence-corrected chi connectivity index (χ0v) is 8.96. The van der Waals surface area contributed by atoms with E-state index in [4.69, 9.17) is 0 Å². The predicted molar refractivity (Wildman–Crippen MR) is 57.7 cm³/mol. The molecule has 80 valence electrons. The third kappa shape index (κ3) is 13.4. The highest BCUT2D eigenvalue weighted by molar-refractivity contribution is 5.74. The molecule has 0 fully saturated rings. The van der Waals surface area contributed by atoms with Gasteiger partial charge in [-0.3, -0.25) is 4.79 Å². The Kier molecular flexibility index (Phi) is 7.86. The van der Waals surface area contributed by atoms with E-state index in [1.807, 2.05) is 18.2 Å². The predicted octanol–water partition coefficient (Wildman–Crippen LogP) is 3.42. The van der Waals surface area contributed by atoms with Gasteiger partial charge < -0.3 is 6.15 Å². The van der Waals surface area contributed by atoms with Crippen molar-refractivity contribution >= 4 is 6.29 Å². The third-order valence-electron chi connectivity index (χ3n) is 0.936. The van der Waals surface area contributed by atoms with Gasteiger partial charge >= 0.3 is 0 Å². The van der Waals surface area contributed by atoms with Crippen LogP contribution in [0, 0.1) is 0 Å². The van der Waals surface area contributed by atoms with Crippen LogP contribution in [0.3, 0.4) is 0 Å². The molecule has 0 aromatic heterocycles. The van der Waals surface area contributed by atoms with E-state index in [9.17, 15) is 9.18 Å². The molecule has 1 aromatic carbocycles. The Morgan fingerprint density at radius 1 is 1.14 bits per heavy atom. The van der Waals surface area contributed by atoms with Crippen LogP contribution in [-0.2, 0) is 0 Å². The fourth-order valence-electron chi connectivity index (χ4n) is 0.532. The molecule has 3 N–H and O–H groups in total. The highest BCUT2D eigenvalue weighted by atomic mass is 19.1. The molecular weight excluding hydrogens is 181 g/mol. The Bertz CT molecular complexity index is 235. The average molecular weight is 199 g/mol. The molecule has 1 rings (SSSR count). The van der Waals surface area contributed by atoms with Crippen LogP contribution in [0.4, 0.5) is 4.39 Å². The monoisotopic (exact) mass is 199 g/mol. The summed E-state index contributed by atoms with van der Waals surface area (Å²) in [6, 6.07) is 9.10. The molecular formula is C11H18FNO. The second-order valence-electron chi connectivity index (χ2n) is 3.60. The summed E-state index contributed by atoms with van der Waals surface area (Å²) < 4.78 is 11.7. The minimum absolute atomic E-state index is 0. The van der Waals surface area contributed by atoms with Gasteiger partial charge in [-0.15, -0.1) is 0 Å². The summed E-state index contributed by atoms with van der Waals surface area (Å²) in [7, 11) is 0. The van der Waals surface area contributed by atoms with E-state index in [1.165, 1.54) is 20.8 Å². The third-order valence-corrected chi connectivity index (χ3v) is 0.936. The van der Waals surface area contributed by atoms with Crippen LogP contribution in [0.15, 0.2) is 30.3 Å². The van der Waals surface area contributed by atoms with Gasteiger partial charge in [-0.1, -0.05) is 30.3 Å². The Hall–Kier alpha value is -1.22. The van der Waals surface area contributed by atoms with Crippen molar-refractivity contribution in [3.8, 4) is 0 Å². The largest absolute Gasteiger partial charge is 0.344 e. The number of aldehydes is 1. The summed E-state index contributed by atoms with van der Waals surface area (Å²) in [5, 5.41) is 0. The molecule has 0 radical (unpaired) electrons. The van der Waals surface area contributed by atoms with Crippen LogP contribution in [0.2, 0.25) is 0 Å². The first kappa shape index (κ1) is 15.3. The second kappa shape index (κ2) is 7.21. The van der Waals surface area contributed by atoms with Crippen LogP contribution in [0.25, 0.3) is 0 Å². The minimum atomic E-state index is -1.00. The van der Waals surface area contributed by atoms with Crippen molar-refractivity contribution in [2.24, 2.45) is 0 Å². The molecule has 0 unspecified atom stereocenters. The van der Waals surface area contributed by atoms with Crippen LogP contribution in [-0.4, -0.2) is 12.0 Å². The van der Waals surface area contributed by atoms with Crippen LogP contribution >= 0.6 is 0 Å². The fraction of sp³-hybridized carbons (Fsp3) is 0.364. The molecule has 1 aromatic rings. The van der Waals surface area contributed by atoms with Crippen molar-refractivity contribution in [2.45, 2.75) is 26.4 Å². The van der Waals surface area contributed by atoms with Gasteiger partial charge in [0.25, 0.3) is 0 Å². The zero-order chi connectivity index (χ0) is 10.3. The summed E-state index contributed by atoms with van der Waals surface area (Å²) in [5.74, 6) is 0. The highest BCUT2D eigenvalue weighted by Crippen LogP contribution is 2.02. The molecule has 0 aliphatic carbocycles. The van der Waals surface area contributed by atoms with Gasteiger partial charge in [-0.05, 0) is 20.8 Å². The molecule has 3 heteroatoms. The molecule has 14 heavy (non-hydrogen) atoms. The number of rotatable bonds is 1. The van der Waals surface area contributed by atoms with Crippen molar-refractivity contribution < 1.29 is 9.18 Å². The molecule has 0 saturated heterocycles. The lowest BCUT2D eigenvalue weighted by Gasteiger charge is -1.99. The molecule has 0 saturated carbocycles. The van der Waals surface area contributed by atoms with E-state index in [0.717, 1.165) is 11.8 Å². The molecule has 0 atom stereocenters. The van der Waals surface area contributed by atoms with Crippen LogP contribution < -0.4 is 6.15 Å². The van der Waals surface area contributed by atoms with E-state index < -0.39 is 5.67 Å². The first-order valence-electron chi connectivity index (χ1n) is 4.12. The molecule has 0 aliphatic heterocycles. The lowest BCUT2D eigenvalue weighted by Crippen LogP contribution is -2.01. The number of hydrogen-bond acceptors (Lipinski definition) is 2. The maximum absolute atomic E-state index is 11.7. The van der Waals surface area contributed by atoms with Crippen molar-refractivity contribution in [2.75, 3.05) is 0 Å². The Morgan fingerprint density at radius 3 is 1.71 bits per heavy atom. The quantitative estimate of drug-likeness (QED) is 0.704. The summed E-state index contributed by atoms with van der Waals surface area (Å²) in [5.41, 5.74) is -0.271. The van der Waals surface area contributed by atoms with E-state index in [2.05, 4.69) is 0 Å². The topological polar surface area (TPSA) is 52.1 Å². The fourth-order valence-corrected chi connectivity index (χ4v) is 0.532. The summed E-state index contributed by atoms with van der Waals surface area (Å²) in [4.78, 5) is 10.0. The Labute approximate surface area is 84.7 Å². The molecule has 0 spiro atoms.